The lowest BCUT2D eigenvalue weighted by Gasteiger charge is -2.04. The maximum Gasteiger partial charge on any atom is 0.260 e. The second-order valence-electron chi connectivity index (χ2n) is 4.48. The molecule has 3 aromatic rings. The van der Waals surface area contributed by atoms with Crippen molar-refractivity contribution in [2.75, 3.05) is 5.32 Å². The van der Waals surface area contributed by atoms with E-state index in [-0.39, 0.29) is 11.6 Å². The highest BCUT2D eigenvalue weighted by Gasteiger charge is 2.12. The van der Waals surface area contributed by atoms with Crippen molar-refractivity contribution in [2.45, 2.75) is 0 Å². The van der Waals surface area contributed by atoms with Crippen molar-refractivity contribution in [1.82, 2.24) is 14.8 Å². The molecule has 22 heavy (non-hydrogen) atoms. The summed E-state index contributed by atoms with van der Waals surface area (Å²) in [5.74, 6) is -0.414. The molecular formula is C15H11ClN4O2. The number of nitrogens with one attached hydrogen (secondary N) is 1. The van der Waals surface area contributed by atoms with Gasteiger partial charge in [-0.05, 0) is 30.3 Å². The van der Waals surface area contributed by atoms with E-state index >= 15 is 0 Å². The third-order valence-corrected chi connectivity index (χ3v) is 3.17. The topological polar surface area (TPSA) is 80.0 Å². The van der Waals surface area contributed by atoms with Crippen LogP contribution in [0.5, 0.6) is 5.75 Å². The van der Waals surface area contributed by atoms with E-state index < -0.39 is 5.91 Å². The normalized spacial score (nSPS) is 10.4. The second-order valence-corrected chi connectivity index (χ2v) is 4.92. The smallest absolute Gasteiger partial charge is 0.260 e. The van der Waals surface area contributed by atoms with Crippen molar-refractivity contribution in [2.24, 2.45) is 0 Å². The van der Waals surface area contributed by atoms with Crippen LogP contribution in [0, 0.1) is 0 Å². The van der Waals surface area contributed by atoms with Gasteiger partial charge in [-0.2, -0.15) is 5.10 Å². The van der Waals surface area contributed by atoms with Crippen molar-refractivity contribution < 1.29 is 9.90 Å². The van der Waals surface area contributed by atoms with Gasteiger partial charge < -0.3 is 10.4 Å². The predicted molar refractivity (Wildman–Crippen MR) is 82.4 cm³/mol. The summed E-state index contributed by atoms with van der Waals surface area (Å²) in [7, 11) is 0. The first kappa shape index (κ1) is 14.1. The molecule has 0 saturated carbocycles. The molecule has 3 rings (SSSR count). The van der Waals surface area contributed by atoms with E-state index in [1.807, 2.05) is 6.07 Å². The summed E-state index contributed by atoms with van der Waals surface area (Å²) in [5, 5.41) is 16.8. The van der Waals surface area contributed by atoms with Gasteiger partial charge in [-0.1, -0.05) is 17.7 Å². The Hall–Kier alpha value is -2.86. The number of aromatic nitrogens is 3. The van der Waals surface area contributed by atoms with Gasteiger partial charge in [0.15, 0.2) is 11.6 Å². The second kappa shape index (κ2) is 5.87. The Morgan fingerprint density at radius 3 is 2.91 bits per heavy atom. The Kier molecular flexibility index (Phi) is 3.76. The van der Waals surface area contributed by atoms with Gasteiger partial charge >= 0.3 is 0 Å². The maximum absolute atomic E-state index is 12.1. The Labute approximate surface area is 131 Å². The number of pyridine rings is 1. The molecule has 0 atom stereocenters. The number of amides is 1. The van der Waals surface area contributed by atoms with Crippen LogP contribution in [0.25, 0.3) is 5.69 Å². The third-order valence-electron chi connectivity index (χ3n) is 2.94. The molecule has 0 aliphatic heterocycles. The molecule has 0 radical (unpaired) electrons. The van der Waals surface area contributed by atoms with E-state index in [4.69, 9.17) is 11.6 Å². The molecule has 2 N–H and O–H groups in total. The summed E-state index contributed by atoms with van der Waals surface area (Å²) in [6, 6.07) is 10.1. The number of carbonyl (C=O) groups is 1. The predicted octanol–water partition coefficient (Wildman–Crippen LogP) is 2.88. The number of anilines is 1. The molecule has 2 heterocycles. The van der Waals surface area contributed by atoms with Crippen molar-refractivity contribution in [1.29, 1.82) is 0 Å². The van der Waals surface area contributed by atoms with Crippen LogP contribution in [0.4, 0.5) is 5.82 Å². The first-order valence-electron chi connectivity index (χ1n) is 6.39. The van der Waals surface area contributed by atoms with Crippen molar-refractivity contribution >= 4 is 23.3 Å². The zero-order chi connectivity index (χ0) is 15.5. The fraction of sp³-hybridized carbons (Fsp3) is 0. The average molecular weight is 315 g/mol. The number of nitrogens with zero attached hydrogens (tertiary/aromatic N) is 3. The highest BCUT2D eigenvalue weighted by atomic mass is 35.5. The van der Waals surface area contributed by atoms with Crippen LogP contribution in [-0.2, 0) is 0 Å². The SMILES string of the molecule is O=C(Nc1ncccc1O)c1cnn(-c2cccc(Cl)c2)c1. The lowest BCUT2D eigenvalue weighted by molar-refractivity contribution is 0.102. The molecule has 0 aliphatic rings. The highest BCUT2D eigenvalue weighted by Crippen LogP contribution is 2.19. The van der Waals surface area contributed by atoms with Crippen LogP contribution in [0.2, 0.25) is 5.02 Å². The molecule has 0 fully saturated rings. The number of hydrogen-bond acceptors (Lipinski definition) is 4. The van der Waals surface area contributed by atoms with Gasteiger partial charge in [0.2, 0.25) is 0 Å². The van der Waals surface area contributed by atoms with Crippen molar-refractivity contribution in [3.8, 4) is 11.4 Å². The minimum atomic E-state index is -0.415. The van der Waals surface area contributed by atoms with E-state index in [0.29, 0.717) is 10.6 Å². The molecule has 6 nitrogen and oxygen atoms in total. The van der Waals surface area contributed by atoms with Gasteiger partial charge in [0.05, 0.1) is 17.4 Å². The molecule has 0 unspecified atom stereocenters. The van der Waals surface area contributed by atoms with Gasteiger partial charge in [0.1, 0.15) is 0 Å². The Bertz CT molecular complexity index is 832. The quantitative estimate of drug-likeness (QED) is 0.779. The lowest BCUT2D eigenvalue weighted by atomic mass is 10.3. The fourth-order valence-corrected chi connectivity index (χ4v) is 2.06. The molecule has 2 aromatic heterocycles. The summed E-state index contributed by atoms with van der Waals surface area (Å²) in [6.07, 6.45) is 4.47. The van der Waals surface area contributed by atoms with Crippen LogP contribution in [0.3, 0.4) is 0 Å². The molecule has 0 aliphatic carbocycles. The van der Waals surface area contributed by atoms with Crippen LogP contribution in [-0.4, -0.2) is 25.8 Å². The minimum absolute atomic E-state index is 0.0990. The van der Waals surface area contributed by atoms with Crippen molar-refractivity contribution in [3.05, 3.63) is 65.6 Å². The van der Waals surface area contributed by atoms with E-state index in [1.54, 1.807) is 35.1 Å². The minimum Gasteiger partial charge on any atom is -0.504 e. The maximum atomic E-state index is 12.1. The number of benzene rings is 1. The summed E-state index contributed by atoms with van der Waals surface area (Å²) in [4.78, 5) is 16.0. The summed E-state index contributed by atoms with van der Waals surface area (Å²) < 4.78 is 1.54. The van der Waals surface area contributed by atoms with Gasteiger partial charge in [-0.15, -0.1) is 0 Å². The molecular weight excluding hydrogens is 304 g/mol. The molecule has 1 amide bonds. The summed E-state index contributed by atoms with van der Waals surface area (Å²) >= 11 is 5.93. The van der Waals surface area contributed by atoms with Crippen LogP contribution < -0.4 is 5.32 Å². The number of halogens is 1. The zero-order valence-corrected chi connectivity index (χ0v) is 12.0. The van der Waals surface area contributed by atoms with Gasteiger partial charge in [0, 0.05) is 17.4 Å². The highest BCUT2D eigenvalue weighted by molar-refractivity contribution is 6.30. The van der Waals surface area contributed by atoms with Gasteiger partial charge in [-0.3, -0.25) is 4.79 Å². The van der Waals surface area contributed by atoms with E-state index in [0.717, 1.165) is 5.69 Å². The first-order valence-corrected chi connectivity index (χ1v) is 6.77. The lowest BCUT2D eigenvalue weighted by Crippen LogP contribution is -2.12. The molecule has 0 spiro atoms. The summed E-state index contributed by atoms with van der Waals surface area (Å²) in [5.41, 5.74) is 1.08. The van der Waals surface area contributed by atoms with Gasteiger partial charge in [-0.25, -0.2) is 9.67 Å². The van der Waals surface area contributed by atoms with Crippen LogP contribution in [0.1, 0.15) is 10.4 Å². The average Bonchev–Trinajstić information content (AvgIpc) is 2.99. The van der Waals surface area contributed by atoms with Crippen LogP contribution >= 0.6 is 11.6 Å². The Morgan fingerprint density at radius 1 is 1.27 bits per heavy atom. The van der Waals surface area contributed by atoms with Crippen molar-refractivity contribution in [3.63, 3.8) is 0 Å². The molecule has 1 aromatic carbocycles. The molecule has 7 heteroatoms. The standard InChI is InChI=1S/C15H11ClN4O2/c16-11-3-1-4-12(7-11)20-9-10(8-18-20)15(22)19-14-13(21)5-2-6-17-14/h1-9,21H,(H,17,19,22). The Morgan fingerprint density at radius 2 is 2.14 bits per heavy atom. The van der Waals surface area contributed by atoms with E-state index in [1.165, 1.54) is 18.5 Å². The number of carbonyl (C=O) groups excluding carboxylic acids is 1. The molecule has 110 valence electrons. The van der Waals surface area contributed by atoms with Crippen LogP contribution in [0.15, 0.2) is 55.0 Å². The number of rotatable bonds is 3. The summed E-state index contributed by atoms with van der Waals surface area (Å²) in [6.45, 7) is 0. The Balaban J connectivity index is 1.82. The largest absolute Gasteiger partial charge is 0.504 e. The molecule has 0 saturated heterocycles. The fourth-order valence-electron chi connectivity index (χ4n) is 1.87. The first-order chi connectivity index (χ1) is 10.6. The van der Waals surface area contributed by atoms with E-state index in [2.05, 4.69) is 15.4 Å². The monoisotopic (exact) mass is 314 g/mol. The number of aromatic hydroxyl groups is 1. The third kappa shape index (κ3) is 2.91. The molecule has 0 bridgehead atoms. The number of hydrogen-bond donors (Lipinski definition) is 2. The van der Waals surface area contributed by atoms with Gasteiger partial charge in [0.25, 0.3) is 5.91 Å². The van der Waals surface area contributed by atoms with E-state index in [9.17, 15) is 9.90 Å². The zero-order valence-electron chi connectivity index (χ0n) is 11.3.